The fourth-order valence-electron chi connectivity index (χ4n) is 3.51. The summed E-state index contributed by atoms with van der Waals surface area (Å²) in [6, 6.07) is 11.4. The van der Waals surface area contributed by atoms with Crippen molar-refractivity contribution in [3.8, 4) is 5.75 Å². The third kappa shape index (κ3) is 5.83. The molecule has 1 fully saturated rings. The molecule has 2 aromatic rings. The number of carbonyl (C=O) groups excluding carboxylic acids is 2. The number of hydrogen-bond donors (Lipinski definition) is 2. The maximum absolute atomic E-state index is 12.7. The summed E-state index contributed by atoms with van der Waals surface area (Å²) in [4.78, 5) is 26.1. The van der Waals surface area contributed by atoms with Crippen molar-refractivity contribution in [1.29, 1.82) is 0 Å². The van der Waals surface area contributed by atoms with Crippen molar-refractivity contribution in [2.24, 2.45) is 5.92 Å². The molecule has 1 heterocycles. The molecule has 2 unspecified atom stereocenters. The molecule has 150 valence electrons. The highest BCUT2D eigenvalue weighted by atomic mass is 32.1. The van der Waals surface area contributed by atoms with E-state index in [1.165, 1.54) is 0 Å². The molecule has 0 spiro atoms. The van der Waals surface area contributed by atoms with E-state index in [1.807, 2.05) is 43.5 Å². The Kier molecular flexibility index (Phi) is 7.09. The summed E-state index contributed by atoms with van der Waals surface area (Å²) in [5, 5.41) is 8.10. The van der Waals surface area contributed by atoms with Crippen molar-refractivity contribution in [2.75, 3.05) is 0 Å². The lowest BCUT2D eigenvalue weighted by Gasteiger charge is -2.29. The van der Waals surface area contributed by atoms with Crippen LogP contribution in [0.25, 0.3) is 0 Å². The molecular formula is C22H28N2O3S. The number of thiophene rings is 1. The lowest BCUT2D eigenvalue weighted by molar-refractivity contribution is -0.126. The topological polar surface area (TPSA) is 67.4 Å². The number of hydrogen-bond acceptors (Lipinski definition) is 4. The number of benzene rings is 1. The fraction of sp³-hybridized carbons (Fsp3) is 0.455. The van der Waals surface area contributed by atoms with Gasteiger partial charge >= 0.3 is 0 Å². The van der Waals surface area contributed by atoms with Crippen LogP contribution >= 0.6 is 11.3 Å². The van der Waals surface area contributed by atoms with Crippen LogP contribution in [0, 0.1) is 5.92 Å². The van der Waals surface area contributed by atoms with Gasteiger partial charge in [0.05, 0.1) is 0 Å². The molecule has 0 aliphatic heterocycles. The van der Waals surface area contributed by atoms with E-state index in [-0.39, 0.29) is 29.8 Å². The van der Waals surface area contributed by atoms with E-state index >= 15 is 0 Å². The quantitative estimate of drug-likeness (QED) is 0.734. The van der Waals surface area contributed by atoms with Crippen LogP contribution in [-0.4, -0.2) is 23.9 Å². The van der Waals surface area contributed by atoms with Crippen LogP contribution in [-0.2, 0) is 11.4 Å². The summed E-state index contributed by atoms with van der Waals surface area (Å²) >= 11 is 1.64. The first kappa shape index (κ1) is 20.4. The van der Waals surface area contributed by atoms with Crippen molar-refractivity contribution >= 4 is 23.2 Å². The molecule has 1 aromatic heterocycles. The maximum Gasteiger partial charge on any atom is 0.251 e. The molecule has 2 atom stereocenters. The average molecular weight is 401 g/mol. The first-order chi connectivity index (χ1) is 13.5. The minimum absolute atomic E-state index is 0.0260. The summed E-state index contributed by atoms with van der Waals surface area (Å²) in [5.41, 5.74) is 0.581. The second-order valence-corrected chi connectivity index (χ2v) is 8.63. The highest BCUT2D eigenvalue weighted by Gasteiger charge is 2.28. The molecule has 1 saturated carbocycles. The Hall–Kier alpha value is -2.34. The summed E-state index contributed by atoms with van der Waals surface area (Å²) in [7, 11) is 0. The van der Waals surface area contributed by atoms with Gasteiger partial charge in [-0.1, -0.05) is 18.6 Å². The van der Waals surface area contributed by atoms with Crippen LogP contribution in [0.1, 0.15) is 54.8 Å². The second kappa shape index (κ2) is 9.73. The summed E-state index contributed by atoms with van der Waals surface area (Å²) < 4.78 is 5.79. The van der Waals surface area contributed by atoms with Gasteiger partial charge in [0.25, 0.3) is 5.91 Å². The van der Waals surface area contributed by atoms with Gasteiger partial charge in [-0.05, 0) is 62.8 Å². The molecule has 5 nitrogen and oxygen atoms in total. The van der Waals surface area contributed by atoms with Gasteiger partial charge < -0.3 is 15.4 Å². The van der Waals surface area contributed by atoms with Crippen LogP contribution < -0.4 is 15.4 Å². The van der Waals surface area contributed by atoms with Gasteiger partial charge in [0, 0.05) is 28.4 Å². The minimum Gasteiger partial charge on any atom is -0.488 e. The smallest absolute Gasteiger partial charge is 0.251 e. The molecule has 1 aliphatic rings. The summed E-state index contributed by atoms with van der Waals surface area (Å²) in [5.74, 6) is 0.634. The Morgan fingerprint density at radius 3 is 2.82 bits per heavy atom. The molecule has 0 saturated heterocycles. The summed E-state index contributed by atoms with van der Waals surface area (Å²) in [6.07, 6.45) is 3.44. The van der Waals surface area contributed by atoms with Crippen molar-refractivity contribution in [3.63, 3.8) is 0 Å². The maximum atomic E-state index is 12.7. The molecule has 2 N–H and O–H groups in total. The Morgan fingerprint density at radius 1 is 1.21 bits per heavy atom. The molecule has 1 aromatic carbocycles. The van der Waals surface area contributed by atoms with Gasteiger partial charge in [-0.2, -0.15) is 0 Å². The normalized spacial score (nSPS) is 19.2. The van der Waals surface area contributed by atoms with E-state index in [9.17, 15) is 9.59 Å². The van der Waals surface area contributed by atoms with Crippen LogP contribution in [0.5, 0.6) is 5.75 Å². The fourth-order valence-corrected chi connectivity index (χ4v) is 4.12. The summed E-state index contributed by atoms with van der Waals surface area (Å²) in [6.45, 7) is 4.43. The van der Waals surface area contributed by atoms with Gasteiger partial charge in [0.2, 0.25) is 5.91 Å². The standard InChI is InChI=1S/C22H28N2O3S/c1-15(2)23-21(25)16-6-3-8-18(12-16)24-22(26)17-7-4-9-19(13-17)27-14-20-10-5-11-28-20/h4-5,7,9-11,13,15-16,18H,3,6,8,12,14H2,1-2H3,(H,23,25)(H,24,26). The van der Waals surface area contributed by atoms with E-state index < -0.39 is 0 Å². The molecule has 0 bridgehead atoms. The zero-order chi connectivity index (χ0) is 19.9. The SMILES string of the molecule is CC(C)NC(=O)C1CCCC(NC(=O)c2cccc(OCc3cccs3)c2)C1. The lowest BCUT2D eigenvalue weighted by Crippen LogP contribution is -2.43. The molecule has 1 aliphatic carbocycles. The molecule has 0 radical (unpaired) electrons. The Balaban J connectivity index is 1.55. The van der Waals surface area contributed by atoms with Gasteiger partial charge in [-0.15, -0.1) is 11.3 Å². The molecule has 28 heavy (non-hydrogen) atoms. The molecule has 6 heteroatoms. The Bertz CT molecular complexity index is 789. The number of amides is 2. The van der Waals surface area contributed by atoms with Crippen molar-refractivity contribution < 1.29 is 14.3 Å². The first-order valence-electron chi connectivity index (χ1n) is 9.87. The van der Waals surface area contributed by atoms with Crippen LogP contribution in [0.3, 0.4) is 0 Å². The minimum atomic E-state index is -0.114. The Labute approximate surface area is 170 Å². The van der Waals surface area contributed by atoms with Crippen LogP contribution in [0.15, 0.2) is 41.8 Å². The van der Waals surface area contributed by atoms with Gasteiger partial charge in [-0.3, -0.25) is 9.59 Å². The van der Waals surface area contributed by atoms with Crippen molar-refractivity contribution in [2.45, 2.75) is 58.2 Å². The third-order valence-corrected chi connectivity index (χ3v) is 5.72. The predicted molar refractivity (Wildman–Crippen MR) is 112 cm³/mol. The highest BCUT2D eigenvalue weighted by molar-refractivity contribution is 7.09. The highest BCUT2D eigenvalue weighted by Crippen LogP contribution is 2.25. The largest absolute Gasteiger partial charge is 0.488 e. The number of nitrogens with one attached hydrogen (secondary N) is 2. The first-order valence-corrected chi connectivity index (χ1v) is 10.8. The van der Waals surface area contributed by atoms with Gasteiger partial charge in [0.1, 0.15) is 12.4 Å². The monoisotopic (exact) mass is 400 g/mol. The zero-order valence-electron chi connectivity index (χ0n) is 16.4. The Morgan fingerprint density at radius 2 is 2.07 bits per heavy atom. The average Bonchev–Trinajstić information content (AvgIpc) is 3.20. The predicted octanol–water partition coefficient (Wildman–Crippen LogP) is 4.14. The molecular weight excluding hydrogens is 372 g/mol. The van der Waals surface area contributed by atoms with Crippen LogP contribution in [0.4, 0.5) is 0 Å². The number of carbonyl (C=O) groups is 2. The molecule has 3 rings (SSSR count). The second-order valence-electron chi connectivity index (χ2n) is 7.59. The number of ether oxygens (including phenoxy) is 1. The van der Waals surface area contributed by atoms with Crippen molar-refractivity contribution in [1.82, 2.24) is 10.6 Å². The lowest BCUT2D eigenvalue weighted by atomic mass is 9.85. The molecule has 2 amide bonds. The van der Waals surface area contributed by atoms with E-state index in [0.717, 1.165) is 24.1 Å². The van der Waals surface area contributed by atoms with Crippen LogP contribution in [0.2, 0.25) is 0 Å². The van der Waals surface area contributed by atoms with Gasteiger partial charge in [-0.25, -0.2) is 0 Å². The number of rotatable bonds is 7. The van der Waals surface area contributed by atoms with E-state index in [0.29, 0.717) is 24.3 Å². The van der Waals surface area contributed by atoms with E-state index in [4.69, 9.17) is 4.74 Å². The van der Waals surface area contributed by atoms with Crippen molar-refractivity contribution in [3.05, 3.63) is 52.2 Å². The third-order valence-electron chi connectivity index (χ3n) is 4.87. The van der Waals surface area contributed by atoms with E-state index in [2.05, 4.69) is 10.6 Å². The van der Waals surface area contributed by atoms with E-state index in [1.54, 1.807) is 23.5 Å². The zero-order valence-corrected chi connectivity index (χ0v) is 17.3. The van der Waals surface area contributed by atoms with Gasteiger partial charge in [0.15, 0.2) is 0 Å².